The van der Waals surface area contributed by atoms with E-state index in [4.69, 9.17) is 9.47 Å². The number of aliphatic hydroxyl groups is 1. The number of benzene rings is 2. The molecule has 0 atom stereocenters. The summed E-state index contributed by atoms with van der Waals surface area (Å²) in [6.45, 7) is 4.33. The van der Waals surface area contributed by atoms with Crippen molar-refractivity contribution in [3.63, 3.8) is 0 Å². The Labute approximate surface area is 137 Å². The minimum atomic E-state index is 0.128. The van der Waals surface area contributed by atoms with E-state index >= 15 is 0 Å². The minimum absolute atomic E-state index is 0.128. The Morgan fingerprint density at radius 2 is 1.30 bits per heavy atom. The predicted molar refractivity (Wildman–Crippen MR) is 91.5 cm³/mol. The lowest BCUT2D eigenvalue weighted by Gasteiger charge is -2.11. The highest BCUT2D eigenvalue weighted by Gasteiger charge is 2.03. The lowest BCUT2D eigenvalue weighted by atomic mass is 10.2. The first-order valence-corrected chi connectivity index (χ1v) is 7.57. The maximum Gasteiger partial charge on any atom is 0.160 e. The van der Waals surface area contributed by atoms with E-state index in [2.05, 4.69) is 0 Å². The molecule has 0 aromatic heterocycles. The van der Waals surface area contributed by atoms with Crippen LogP contribution in [0.5, 0.6) is 0 Å². The molecule has 2 aromatic rings. The van der Waals surface area contributed by atoms with Crippen molar-refractivity contribution in [3.05, 3.63) is 95.1 Å². The van der Waals surface area contributed by atoms with Gasteiger partial charge in [0.15, 0.2) is 5.76 Å². The average molecular weight is 310 g/mol. The third-order valence-electron chi connectivity index (χ3n) is 3.24. The largest absolute Gasteiger partial charge is 0.509 e. The molecule has 0 fully saturated rings. The second-order valence-corrected chi connectivity index (χ2v) is 5.25. The molecular weight excluding hydrogens is 288 g/mol. The van der Waals surface area contributed by atoms with Gasteiger partial charge in [0.2, 0.25) is 0 Å². The van der Waals surface area contributed by atoms with Crippen molar-refractivity contribution < 1.29 is 14.6 Å². The Kier molecular flexibility index (Phi) is 6.30. The van der Waals surface area contributed by atoms with E-state index in [1.54, 1.807) is 13.0 Å². The zero-order valence-corrected chi connectivity index (χ0v) is 13.5. The minimum Gasteiger partial charge on any atom is -0.509 e. The summed E-state index contributed by atoms with van der Waals surface area (Å²) in [4.78, 5) is 0. The summed E-state index contributed by atoms with van der Waals surface area (Å²) in [6.07, 6.45) is 1.71. The summed E-state index contributed by atoms with van der Waals surface area (Å²) in [7, 11) is 0. The molecule has 0 radical (unpaired) electrons. The van der Waals surface area contributed by atoms with Crippen LogP contribution in [0.3, 0.4) is 0 Å². The van der Waals surface area contributed by atoms with Gasteiger partial charge in [0.25, 0.3) is 0 Å². The van der Waals surface area contributed by atoms with Crippen LogP contribution < -0.4 is 0 Å². The van der Waals surface area contributed by atoms with Crippen molar-refractivity contribution in [2.24, 2.45) is 0 Å². The fourth-order valence-corrected chi connectivity index (χ4v) is 1.98. The van der Waals surface area contributed by atoms with E-state index in [1.165, 1.54) is 0 Å². The monoisotopic (exact) mass is 310 g/mol. The summed E-state index contributed by atoms with van der Waals surface area (Å²) < 4.78 is 11.4. The highest BCUT2D eigenvalue weighted by Crippen LogP contribution is 2.14. The summed E-state index contributed by atoms with van der Waals surface area (Å²) >= 11 is 0. The molecule has 0 saturated heterocycles. The van der Waals surface area contributed by atoms with Crippen molar-refractivity contribution in [2.75, 3.05) is 0 Å². The molecule has 1 N–H and O–H groups in total. The van der Waals surface area contributed by atoms with Gasteiger partial charge in [0, 0.05) is 6.08 Å². The fourth-order valence-electron chi connectivity index (χ4n) is 1.98. The quantitative estimate of drug-likeness (QED) is 0.570. The van der Waals surface area contributed by atoms with E-state index in [0.717, 1.165) is 11.1 Å². The van der Waals surface area contributed by atoms with Crippen LogP contribution in [-0.4, -0.2) is 5.11 Å². The third-order valence-corrected chi connectivity index (χ3v) is 3.24. The molecule has 0 amide bonds. The van der Waals surface area contributed by atoms with Crippen LogP contribution >= 0.6 is 0 Å². The molecule has 0 bridgehead atoms. The maximum atomic E-state index is 9.78. The van der Waals surface area contributed by atoms with Gasteiger partial charge in [-0.15, -0.1) is 0 Å². The molecule has 120 valence electrons. The lowest BCUT2D eigenvalue weighted by Crippen LogP contribution is -1.97. The van der Waals surface area contributed by atoms with E-state index < -0.39 is 0 Å². The van der Waals surface area contributed by atoms with E-state index in [0.29, 0.717) is 24.7 Å². The molecule has 23 heavy (non-hydrogen) atoms. The van der Waals surface area contributed by atoms with Crippen molar-refractivity contribution in [1.82, 2.24) is 0 Å². The van der Waals surface area contributed by atoms with Crippen molar-refractivity contribution in [1.29, 1.82) is 0 Å². The number of rotatable bonds is 7. The van der Waals surface area contributed by atoms with Crippen molar-refractivity contribution in [3.8, 4) is 0 Å². The first kappa shape index (κ1) is 16.7. The number of ether oxygens (including phenoxy) is 2. The lowest BCUT2D eigenvalue weighted by molar-refractivity contribution is 0.176. The molecule has 0 unspecified atom stereocenters. The second-order valence-electron chi connectivity index (χ2n) is 5.25. The number of hydrogen-bond acceptors (Lipinski definition) is 3. The molecule has 0 heterocycles. The number of hydrogen-bond donors (Lipinski definition) is 1. The van der Waals surface area contributed by atoms with E-state index in [9.17, 15) is 5.11 Å². The molecule has 3 heteroatoms. The Morgan fingerprint density at radius 3 is 1.78 bits per heavy atom. The van der Waals surface area contributed by atoms with Crippen LogP contribution in [0.1, 0.15) is 25.0 Å². The van der Waals surface area contributed by atoms with Gasteiger partial charge < -0.3 is 14.6 Å². The SMILES string of the molecule is C/C(=C\C(OCc1ccccc1)=C(\C)O)OCc1ccccc1. The number of aliphatic hydroxyl groups excluding tert-OH is 1. The van der Waals surface area contributed by atoms with Crippen LogP contribution in [0.25, 0.3) is 0 Å². The molecule has 2 rings (SSSR count). The van der Waals surface area contributed by atoms with Gasteiger partial charge in [-0.3, -0.25) is 0 Å². The first-order valence-electron chi connectivity index (χ1n) is 7.57. The second kappa shape index (κ2) is 8.69. The van der Waals surface area contributed by atoms with Gasteiger partial charge in [0.05, 0.1) is 5.76 Å². The Morgan fingerprint density at radius 1 is 0.826 bits per heavy atom. The van der Waals surface area contributed by atoms with E-state index in [-0.39, 0.29) is 5.76 Å². The fraction of sp³-hybridized carbons (Fsp3) is 0.200. The van der Waals surface area contributed by atoms with E-state index in [1.807, 2.05) is 67.6 Å². The topological polar surface area (TPSA) is 38.7 Å². The molecule has 0 aliphatic heterocycles. The summed E-state index contributed by atoms with van der Waals surface area (Å²) in [5.74, 6) is 1.23. The molecule has 2 aromatic carbocycles. The Bertz CT molecular complexity index is 654. The van der Waals surface area contributed by atoms with Gasteiger partial charge in [0.1, 0.15) is 19.0 Å². The van der Waals surface area contributed by atoms with Crippen LogP contribution in [0.4, 0.5) is 0 Å². The average Bonchev–Trinajstić information content (AvgIpc) is 2.58. The Balaban J connectivity index is 1.94. The predicted octanol–water partition coefficient (Wildman–Crippen LogP) is 5.11. The zero-order valence-electron chi connectivity index (χ0n) is 13.5. The first-order chi connectivity index (χ1) is 11.1. The smallest absolute Gasteiger partial charge is 0.160 e. The van der Waals surface area contributed by atoms with Crippen LogP contribution in [0, 0.1) is 0 Å². The maximum absolute atomic E-state index is 9.78. The normalized spacial score (nSPS) is 12.5. The van der Waals surface area contributed by atoms with Crippen molar-refractivity contribution >= 4 is 0 Å². The van der Waals surface area contributed by atoms with Gasteiger partial charge >= 0.3 is 0 Å². The molecule has 0 spiro atoms. The molecule has 0 aliphatic carbocycles. The van der Waals surface area contributed by atoms with Gasteiger partial charge in [-0.05, 0) is 25.0 Å². The molecule has 0 aliphatic rings. The molecule has 0 saturated carbocycles. The summed E-state index contributed by atoms with van der Waals surface area (Å²) in [5, 5.41) is 9.78. The van der Waals surface area contributed by atoms with Gasteiger partial charge in [-0.2, -0.15) is 0 Å². The molecular formula is C20H22O3. The molecule has 3 nitrogen and oxygen atoms in total. The summed E-state index contributed by atoms with van der Waals surface area (Å²) in [5.41, 5.74) is 2.14. The zero-order chi connectivity index (χ0) is 16.5. The standard InChI is InChI=1S/C20H22O3/c1-16(22-14-18-9-5-3-6-10-18)13-20(17(2)21)23-15-19-11-7-4-8-12-19/h3-13,21H,14-15H2,1-2H3/b16-13+,20-17+. The third kappa shape index (κ3) is 5.91. The van der Waals surface area contributed by atoms with Crippen molar-refractivity contribution in [2.45, 2.75) is 27.1 Å². The highest BCUT2D eigenvalue weighted by molar-refractivity contribution is 5.19. The summed E-state index contributed by atoms with van der Waals surface area (Å²) in [6, 6.07) is 19.8. The number of allylic oxidation sites excluding steroid dienone is 3. The van der Waals surface area contributed by atoms with Gasteiger partial charge in [-0.1, -0.05) is 60.7 Å². The Hall–Kier alpha value is -2.68. The highest BCUT2D eigenvalue weighted by atomic mass is 16.5. The van der Waals surface area contributed by atoms with Crippen LogP contribution in [0.15, 0.2) is 84.0 Å². The van der Waals surface area contributed by atoms with Crippen LogP contribution in [0.2, 0.25) is 0 Å². The van der Waals surface area contributed by atoms with Crippen LogP contribution in [-0.2, 0) is 22.7 Å². The van der Waals surface area contributed by atoms with Gasteiger partial charge in [-0.25, -0.2) is 0 Å².